The van der Waals surface area contributed by atoms with Crippen LogP contribution >= 0.6 is 0 Å². The molecule has 0 spiro atoms. The van der Waals surface area contributed by atoms with Crippen LogP contribution in [0.4, 0.5) is 0 Å². The van der Waals surface area contributed by atoms with Gasteiger partial charge in [-0.2, -0.15) is 0 Å². The van der Waals surface area contributed by atoms with Crippen molar-refractivity contribution >= 4 is 5.91 Å². The van der Waals surface area contributed by atoms with Gasteiger partial charge in [0.2, 0.25) is 0 Å². The van der Waals surface area contributed by atoms with Crippen LogP contribution < -0.4 is 0 Å². The molecule has 1 fully saturated rings. The summed E-state index contributed by atoms with van der Waals surface area (Å²) in [6.45, 7) is 5.87. The summed E-state index contributed by atoms with van der Waals surface area (Å²) in [5.74, 6) is 0.603. The van der Waals surface area contributed by atoms with Crippen LogP contribution in [0.2, 0.25) is 0 Å². The summed E-state index contributed by atoms with van der Waals surface area (Å²) in [7, 11) is 0. The average Bonchev–Trinajstić information content (AvgIpc) is 2.35. The number of carbonyl (C=O) groups is 1. The average molecular weight is 249 g/mol. The summed E-state index contributed by atoms with van der Waals surface area (Å²) in [6, 6.07) is 4.21. The number of phenols is 2. The molecule has 0 aromatic heterocycles. The van der Waals surface area contributed by atoms with Crippen molar-refractivity contribution in [2.24, 2.45) is 11.8 Å². The van der Waals surface area contributed by atoms with Crippen molar-refractivity contribution < 1.29 is 15.0 Å². The van der Waals surface area contributed by atoms with Crippen molar-refractivity contribution in [2.45, 2.75) is 20.3 Å². The second kappa shape index (κ2) is 4.88. The number of hydrogen-bond donors (Lipinski definition) is 2. The Balaban J connectivity index is 2.14. The van der Waals surface area contributed by atoms with E-state index in [1.54, 1.807) is 6.07 Å². The van der Waals surface area contributed by atoms with Crippen molar-refractivity contribution in [1.29, 1.82) is 0 Å². The minimum absolute atomic E-state index is 0.0796. The van der Waals surface area contributed by atoms with Crippen LogP contribution in [-0.4, -0.2) is 34.1 Å². The van der Waals surface area contributed by atoms with Gasteiger partial charge in [0.25, 0.3) is 5.91 Å². The van der Waals surface area contributed by atoms with E-state index in [1.807, 2.05) is 4.90 Å². The highest BCUT2D eigenvalue weighted by Crippen LogP contribution is 2.27. The number of benzene rings is 1. The lowest BCUT2D eigenvalue weighted by Gasteiger charge is -2.35. The third-order valence-electron chi connectivity index (χ3n) is 3.84. The summed E-state index contributed by atoms with van der Waals surface area (Å²) < 4.78 is 0. The summed E-state index contributed by atoms with van der Waals surface area (Å²) in [5, 5.41) is 18.7. The van der Waals surface area contributed by atoms with Gasteiger partial charge in [0.1, 0.15) is 0 Å². The third kappa shape index (κ3) is 2.42. The Kier molecular flexibility index (Phi) is 3.45. The van der Waals surface area contributed by atoms with Crippen LogP contribution in [0.25, 0.3) is 0 Å². The number of rotatable bonds is 1. The molecule has 2 rings (SSSR count). The van der Waals surface area contributed by atoms with Crippen molar-refractivity contribution in [1.82, 2.24) is 4.90 Å². The van der Waals surface area contributed by atoms with Crippen LogP contribution in [0.3, 0.4) is 0 Å². The number of carbonyl (C=O) groups excluding carboxylic acids is 1. The van der Waals surface area contributed by atoms with Gasteiger partial charge in [-0.25, -0.2) is 0 Å². The van der Waals surface area contributed by atoms with Crippen LogP contribution in [0.1, 0.15) is 30.6 Å². The molecule has 1 heterocycles. The highest BCUT2D eigenvalue weighted by molar-refractivity contribution is 5.95. The zero-order valence-corrected chi connectivity index (χ0v) is 10.8. The van der Waals surface area contributed by atoms with E-state index in [0.717, 1.165) is 19.5 Å². The molecule has 18 heavy (non-hydrogen) atoms. The fourth-order valence-corrected chi connectivity index (χ4v) is 2.29. The lowest BCUT2D eigenvalue weighted by Crippen LogP contribution is -2.42. The van der Waals surface area contributed by atoms with E-state index in [2.05, 4.69) is 13.8 Å². The highest BCUT2D eigenvalue weighted by Gasteiger charge is 2.26. The quantitative estimate of drug-likeness (QED) is 0.750. The number of likely N-dealkylation sites (tertiary alicyclic amines) is 1. The molecule has 1 aliphatic heterocycles. The Morgan fingerprint density at radius 3 is 2.56 bits per heavy atom. The molecule has 1 aliphatic rings. The lowest BCUT2D eigenvalue weighted by molar-refractivity contribution is 0.0627. The first-order chi connectivity index (χ1) is 8.49. The Morgan fingerprint density at radius 2 is 1.94 bits per heavy atom. The second-order valence-corrected chi connectivity index (χ2v) is 5.20. The number of aromatic hydroxyl groups is 2. The van der Waals surface area contributed by atoms with Gasteiger partial charge in [-0.15, -0.1) is 0 Å². The van der Waals surface area contributed by atoms with E-state index < -0.39 is 0 Å². The Morgan fingerprint density at radius 1 is 1.22 bits per heavy atom. The second-order valence-electron chi connectivity index (χ2n) is 5.20. The third-order valence-corrected chi connectivity index (χ3v) is 3.84. The van der Waals surface area contributed by atoms with Crippen molar-refractivity contribution in [2.75, 3.05) is 13.1 Å². The molecule has 4 heteroatoms. The maximum atomic E-state index is 12.2. The van der Waals surface area contributed by atoms with Crippen molar-refractivity contribution in [3.05, 3.63) is 23.8 Å². The monoisotopic (exact) mass is 249 g/mol. The molecule has 1 aromatic carbocycles. The molecule has 2 atom stereocenters. The molecule has 2 unspecified atom stereocenters. The Bertz CT molecular complexity index is 458. The van der Waals surface area contributed by atoms with Crippen LogP contribution in [0.5, 0.6) is 11.5 Å². The lowest BCUT2D eigenvalue weighted by atomic mass is 9.88. The van der Waals surface area contributed by atoms with Crippen molar-refractivity contribution in [3.63, 3.8) is 0 Å². The molecule has 0 aliphatic carbocycles. The number of hydrogen-bond acceptors (Lipinski definition) is 3. The predicted molar refractivity (Wildman–Crippen MR) is 68.6 cm³/mol. The molecule has 1 aromatic rings. The number of phenolic OH excluding ortho intramolecular Hbond substituents is 2. The molecular weight excluding hydrogens is 230 g/mol. The topological polar surface area (TPSA) is 60.8 Å². The number of amides is 1. The van der Waals surface area contributed by atoms with Gasteiger partial charge in [0.05, 0.1) is 0 Å². The van der Waals surface area contributed by atoms with Gasteiger partial charge in [-0.05, 0) is 36.5 Å². The van der Waals surface area contributed by atoms with Gasteiger partial charge in [-0.3, -0.25) is 4.79 Å². The molecular formula is C14H19NO3. The maximum Gasteiger partial charge on any atom is 0.254 e. The zero-order chi connectivity index (χ0) is 13.3. The minimum atomic E-state index is -0.251. The van der Waals surface area contributed by atoms with E-state index in [4.69, 9.17) is 0 Å². The summed E-state index contributed by atoms with van der Waals surface area (Å²) in [5.41, 5.74) is 0.423. The molecule has 2 N–H and O–H groups in total. The largest absolute Gasteiger partial charge is 0.504 e. The van der Waals surface area contributed by atoms with E-state index >= 15 is 0 Å². The highest BCUT2D eigenvalue weighted by atomic mass is 16.3. The van der Waals surface area contributed by atoms with Gasteiger partial charge < -0.3 is 15.1 Å². The van der Waals surface area contributed by atoms with Gasteiger partial charge >= 0.3 is 0 Å². The zero-order valence-electron chi connectivity index (χ0n) is 10.8. The molecule has 1 saturated heterocycles. The molecule has 0 radical (unpaired) electrons. The van der Waals surface area contributed by atoms with Crippen molar-refractivity contribution in [3.8, 4) is 11.5 Å². The molecule has 0 saturated carbocycles. The van der Waals surface area contributed by atoms with E-state index in [1.165, 1.54) is 12.1 Å². The minimum Gasteiger partial charge on any atom is -0.504 e. The Labute approximate surface area is 107 Å². The first-order valence-electron chi connectivity index (χ1n) is 6.30. The number of piperidine rings is 1. The first-order valence-corrected chi connectivity index (χ1v) is 6.30. The van der Waals surface area contributed by atoms with Crippen LogP contribution in [-0.2, 0) is 0 Å². The normalized spacial score (nSPS) is 24.0. The smallest absolute Gasteiger partial charge is 0.254 e. The van der Waals surface area contributed by atoms with Gasteiger partial charge in [0.15, 0.2) is 11.5 Å². The van der Waals surface area contributed by atoms with Gasteiger partial charge in [-0.1, -0.05) is 13.8 Å². The number of nitrogens with zero attached hydrogens (tertiary/aromatic N) is 1. The summed E-state index contributed by atoms with van der Waals surface area (Å²) >= 11 is 0. The SMILES string of the molecule is CC1CCN(C(=O)c2ccc(O)c(O)c2)CC1C. The maximum absolute atomic E-state index is 12.2. The predicted octanol–water partition coefficient (Wildman–Crippen LogP) is 2.22. The van der Waals surface area contributed by atoms with E-state index in [0.29, 0.717) is 17.4 Å². The summed E-state index contributed by atoms with van der Waals surface area (Å²) in [6.07, 6.45) is 1.01. The fourth-order valence-electron chi connectivity index (χ4n) is 2.29. The molecule has 4 nitrogen and oxygen atoms in total. The molecule has 0 bridgehead atoms. The van der Waals surface area contributed by atoms with Crippen LogP contribution in [0, 0.1) is 11.8 Å². The molecule has 1 amide bonds. The van der Waals surface area contributed by atoms with E-state index in [-0.39, 0.29) is 17.4 Å². The molecule has 98 valence electrons. The fraction of sp³-hybridized carbons (Fsp3) is 0.500. The Hall–Kier alpha value is -1.71. The van der Waals surface area contributed by atoms with Gasteiger partial charge in [0, 0.05) is 18.7 Å². The van der Waals surface area contributed by atoms with E-state index in [9.17, 15) is 15.0 Å². The van der Waals surface area contributed by atoms with Crippen LogP contribution in [0.15, 0.2) is 18.2 Å². The standard InChI is InChI=1S/C14H19NO3/c1-9-5-6-15(8-10(9)2)14(18)11-3-4-12(16)13(17)7-11/h3-4,7,9-10,16-17H,5-6,8H2,1-2H3. The summed E-state index contributed by atoms with van der Waals surface area (Å²) in [4.78, 5) is 14.1. The first kappa shape index (κ1) is 12.7.